The summed E-state index contributed by atoms with van der Waals surface area (Å²) in [5.41, 5.74) is 3.77. The number of carbonyl (C=O) groups excluding carboxylic acids is 2. The van der Waals surface area contributed by atoms with Crippen molar-refractivity contribution >= 4 is 78.7 Å². The van der Waals surface area contributed by atoms with Crippen molar-refractivity contribution < 1.29 is 55.3 Å². The van der Waals surface area contributed by atoms with Gasteiger partial charge in [0, 0.05) is 12.2 Å². The van der Waals surface area contributed by atoms with Gasteiger partial charge in [0.05, 0.1) is 22.5 Å². The van der Waals surface area contributed by atoms with Gasteiger partial charge in [-0.3, -0.25) is 29.5 Å². The molecule has 236 valence electrons. The van der Waals surface area contributed by atoms with Crippen LogP contribution in [0.15, 0.2) is 104 Å². The molecule has 0 heterocycles. The lowest BCUT2D eigenvalue weighted by Crippen LogP contribution is -2.17. The number of hydrogen-bond donors (Lipinski definition) is 6. The molecule has 46 heavy (non-hydrogen) atoms. The number of anilines is 2. The van der Waals surface area contributed by atoms with E-state index in [1.807, 2.05) is 0 Å². The van der Waals surface area contributed by atoms with Crippen molar-refractivity contribution in [2.75, 3.05) is 10.9 Å². The monoisotopic (exact) mass is 668 g/mol. The number of aliphatic carboxylic acids is 2. The van der Waals surface area contributed by atoms with Gasteiger partial charge < -0.3 is 10.2 Å². The average molecular weight is 669 g/mol. The zero-order chi connectivity index (χ0) is 33.8. The van der Waals surface area contributed by atoms with Crippen LogP contribution in [-0.2, 0) is 39.4 Å². The van der Waals surface area contributed by atoms with E-state index in [0.29, 0.717) is 0 Å². The number of rotatable bonds is 10. The normalized spacial score (nSPS) is 16.9. The second-order valence-corrected chi connectivity index (χ2v) is 12.0. The summed E-state index contributed by atoms with van der Waals surface area (Å²) in [4.78, 5) is 44.9. The van der Waals surface area contributed by atoms with Crippen molar-refractivity contribution in [3.05, 3.63) is 95.1 Å². The molecule has 2 aliphatic rings. The SMILES string of the molecule is O=C(O)C1=CC(=O)C(=NNc2ccc(C=Cc3ccc(NN=C4C=CC(C(=O)O)=CC4=O)cc3S(=O)(=O)O)c(S(=O)(=O)O)c2)C=C1. The van der Waals surface area contributed by atoms with Crippen LogP contribution in [0.1, 0.15) is 11.1 Å². The molecule has 0 bridgehead atoms. The summed E-state index contributed by atoms with van der Waals surface area (Å²) in [6.45, 7) is 0. The molecular formula is C28H20N4O12S2. The molecule has 0 saturated carbocycles. The highest BCUT2D eigenvalue weighted by molar-refractivity contribution is 7.86. The minimum atomic E-state index is -4.86. The summed E-state index contributed by atoms with van der Waals surface area (Å²) < 4.78 is 68.2. The molecule has 0 atom stereocenters. The van der Waals surface area contributed by atoms with E-state index in [1.165, 1.54) is 24.3 Å². The van der Waals surface area contributed by atoms with Crippen LogP contribution >= 0.6 is 0 Å². The van der Waals surface area contributed by atoms with E-state index in [9.17, 15) is 45.1 Å². The number of allylic oxidation sites excluding steroid dienone is 4. The Hall–Kier alpha value is -5.82. The molecule has 6 N–H and O–H groups in total. The molecule has 0 amide bonds. The molecule has 4 rings (SSSR count). The zero-order valence-electron chi connectivity index (χ0n) is 22.8. The summed E-state index contributed by atoms with van der Waals surface area (Å²) in [5, 5.41) is 25.6. The number of carboxylic acid groups (broad SMARTS) is 2. The van der Waals surface area contributed by atoms with Crippen molar-refractivity contribution in [3.63, 3.8) is 0 Å². The second kappa shape index (κ2) is 13.0. The molecule has 18 heteroatoms. The largest absolute Gasteiger partial charge is 0.478 e. The minimum Gasteiger partial charge on any atom is -0.478 e. The van der Waals surface area contributed by atoms with Crippen LogP contribution in [-0.4, -0.2) is 71.1 Å². The number of nitrogens with zero attached hydrogens (tertiary/aromatic N) is 2. The molecule has 0 aromatic heterocycles. The van der Waals surface area contributed by atoms with Crippen LogP contribution < -0.4 is 10.9 Å². The lowest BCUT2D eigenvalue weighted by atomic mass is 10.0. The highest BCUT2D eigenvalue weighted by atomic mass is 32.2. The Morgan fingerprint density at radius 1 is 0.630 bits per heavy atom. The number of carboxylic acids is 2. The van der Waals surface area contributed by atoms with Crippen molar-refractivity contribution in [1.29, 1.82) is 0 Å². The highest BCUT2D eigenvalue weighted by Crippen LogP contribution is 2.26. The quantitative estimate of drug-likeness (QED) is 0.0917. The van der Waals surface area contributed by atoms with Gasteiger partial charge in [0.1, 0.15) is 21.2 Å². The molecule has 0 unspecified atom stereocenters. The smallest absolute Gasteiger partial charge is 0.335 e. The Morgan fingerprint density at radius 2 is 1.00 bits per heavy atom. The summed E-state index contributed by atoms with van der Waals surface area (Å²) in [7, 11) is -9.73. The maximum absolute atomic E-state index is 12.1. The fraction of sp³-hybridized carbons (Fsp3) is 0. The Morgan fingerprint density at radius 3 is 1.30 bits per heavy atom. The standard InChI is InChI=1S/C28H20N4O12S2/c33-23-11-17(27(35)36)5-9-21(23)31-29-19-7-3-15(25(13-19)45(39,40)41)1-2-16-4-8-20(14-26(16)46(42,43)44)30-32-22-10-6-18(28(37)38)12-24(22)34/h1-14,29-30H,(H,35,36)(H,37,38)(H,39,40,41)(H,42,43,44). The van der Waals surface area contributed by atoms with Crippen molar-refractivity contribution in [3.8, 4) is 0 Å². The number of hydrogen-bond acceptors (Lipinski definition) is 12. The first-order valence-electron chi connectivity index (χ1n) is 12.5. The average Bonchev–Trinajstić information content (AvgIpc) is 2.98. The van der Waals surface area contributed by atoms with Crippen LogP contribution in [0, 0.1) is 0 Å². The summed E-state index contributed by atoms with van der Waals surface area (Å²) in [5.74, 6) is -4.08. The Kier molecular flexibility index (Phi) is 9.38. The fourth-order valence-electron chi connectivity index (χ4n) is 3.84. The lowest BCUT2D eigenvalue weighted by Gasteiger charge is -2.10. The topological polar surface area (TPSA) is 266 Å². The van der Waals surface area contributed by atoms with E-state index in [1.54, 1.807) is 0 Å². The van der Waals surface area contributed by atoms with Crippen LogP contribution in [0.3, 0.4) is 0 Å². The molecule has 2 aliphatic carbocycles. The molecule has 0 saturated heterocycles. The molecule has 0 spiro atoms. The molecule has 16 nitrogen and oxygen atoms in total. The van der Waals surface area contributed by atoms with Gasteiger partial charge in [-0.1, -0.05) is 24.3 Å². The third-order valence-electron chi connectivity index (χ3n) is 6.05. The molecule has 2 aromatic rings. The first-order chi connectivity index (χ1) is 21.5. The number of carbonyl (C=O) groups is 4. The van der Waals surface area contributed by atoms with E-state index < -0.39 is 53.5 Å². The third-order valence-corrected chi connectivity index (χ3v) is 7.87. The Bertz CT molecular complexity index is 1990. The number of benzene rings is 2. The van der Waals surface area contributed by atoms with Gasteiger partial charge in [0.2, 0.25) is 11.6 Å². The van der Waals surface area contributed by atoms with Gasteiger partial charge in [-0.15, -0.1) is 0 Å². The van der Waals surface area contributed by atoms with E-state index in [-0.39, 0.29) is 45.1 Å². The van der Waals surface area contributed by atoms with Gasteiger partial charge >= 0.3 is 11.9 Å². The number of nitrogens with one attached hydrogen (secondary N) is 2. The first kappa shape index (κ1) is 33.1. The van der Waals surface area contributed by atoms with Crippen LogP contribution in [0.2, 0.25) is 0 Å². The fourth-order valence-corrected chi connectivity index (χ4v) is 5.26. The van der Waals surface area contributed by atoms with Crippen LogP contribution in [0.25, 0.3) is 12.2 Å². The molecular weight excluding hydrogens is 648 g/mol. The van der Waals surface area contributed by atoms with Crippen molar-refractivity contribution in [2.24, 2.45) is 10.2 Å². The van der Waals surface area contributed by atoms with Gasteiger partial charge in [-0.2, -0.15) is 27.0 Å². The summed E-state index contributed by atoms with van der Waals surface area (Å²) >= 11 is 0. The number of hydrazone groups is 2. The summed E-state index contributed by atoms with van der Waals surface area (Å²) in [6, 6.07) is 7.03. The second-order valence-electron chi connectivity index (χ2n) is 9.21. The highest BCUT2D eigenvalue weighted by Gasteiger charge is 2.20. The predicted octanol–water partition coefficient (Wildman–Crippen LogP) is 2.19. The minimum absolute atomic E-state index is 0.00289. The third kappa shape index (κ3) is 8.01. The Labute approximate surface area is 259 Å². The van der Waals surface area contributed by atoms with Gasteiger partial charge in [-0.25, -0.2) is 9.59 Å². The maximum atomic E-state index is 12.1. The molecule has 0 aliphatic heterocycles. The zero-order valence-corrected chi connectivity index (χ0v) is 24.5. The van der Waals surface area contributed by atoms with E-state index in [4.69, 9.17) is 10.2 Å². The van der Waals surface area contributed by atoms with Crippen LogP contribution in [0.4, 0.5) is 11.4 Å². The van der Waals surface area contributed by atoms with Gasteiger partial charge in [0.15, 0.2) is 0 Å². The van der Waals surface area contributed by atoms with E-state index >= 15 is 0 Å². The van der Waals surface area contributed by atoms with Gasteiger partial charge in [0.25, 0.3) is 20.2 Å². The maximum Gasteiger partial charge on any atom is 0.335 e. The van der Waals surface area contributed by atoms with Crippen molar-refractivity contribution in [1.82, 2.24) is 0 Å². The predicted molar refractivity (Wildman–Crippen MR) is 163 cm³/mol. The van der Waals surface area contributed by atoms with Crippen molar-refractivity contribution in [2.45, 2.75) is 9.79 Å². The van der Waals surface area contributed by atoms with Gasteiger partial charge in [-0.05, 0) is 59.7 Å². The first-order valence-corrected chi connectivity index (χ1v) is 15.3. The summed E-state index contributed by atoms with van der Waals surface area (Å²) in [6.07, 6.45) is 8.54. The van der Waals surface area contributed by atoms with Crippen LogP contribution in [0.5, 0.6) is 0 Å². The van der Waals surface area contributed by atoms with E-state index in [2.05, 4.69) is 21.1 Å². The Balaban J connectivity index is 1.59. The molecule has 0 radical (unpaired) electrons. The number of ketones is 2. The van der Waals surface area contributed by atoms with E-state index in [0.717, 1.165) is 60.7 Å². The molecule has 0 fully saturated rings. The lowest BCUT2D eigenvalue weighted by molar-refractivity contribution is -0.133. The molecule has 2 aromatic carbocycles.